The predicted octanol–water partition coefficient (Wildman–Crippen LogP) is 1.95. The van der Waals surface area contributed by atoms with Gasteiger partial charge in [-0.1, -0.05) is 39.5 Å². The van der Waals surface area contributed by atoms with E-state index in [0.717, 1.165) is 19.3 Å². The van der Waals surface area contributed by atoms with E-state index < -0.39 is 68.4 Å². The van der Waals surface area contributed by atoms with Crippen molar-refractivity contribution in [2.75, 3.05) is 6.54 Å². The van der Waals surface area contributed by atoms with E-state index in [4.69, 9.17) is 4.74 Å². The zero-order chi connectivity index (χ0) is 31.0. The van der Waals surface area contributed by atoms with E-state index in [9.17, 15) is 32.7 Å². The number of fused-ring (bicyclic) bond motifs is 2. The third-order valence-electron chi connectivity index (χ3n) is 9.06. The molecule has 42 heavy (non-hydrogen) atoms. The van der Waals surface area contributed by atoms with Crippen LogP contribution in [0.1, 0.15) is 98.8 Å². The van der Waals surface area contributed by atoms with Gasteiger partial charge in [-0.25, -0.2) is 13.2 Å². The molecule has 7 atom stereocenters. The fourth-order valence-electron chi connectivity index (χ4n) is 6.51. The molecule has 2 aliphatic carbocycles. The highest BCUT2D eigenvalue weighted by molar-refractivity contribution is 7.91. The summed E-state index contributed by atoms with van der Waals surface area (Å²) in [5, 5.41) is 15.6. The van der Waals surface area contributed by atoms with Gasteiger partial charge in [0.05, 0.1) is 11.4 Å². The molecule has 4 amide bonds. The molecule has 1 unspecified atom stereocenters. The van der Waals surface area contributed by atoms with Crippen LogP contribution in [-0.2, 0) is 29.1 Å². The van der Waals surface area contributed by atoms with Gasteiger partial charge in [0.15, 0.2) is 0 Å². The first-order valence-electron chi connectivity index (χ1n) is 15.4. The average molecular weight is 613 g/mol. The van der Waals surface area contributed by atoms with Gasteiger partial charge >= 0.3 is 6.09 Å². The number of carbonyl (C=O) groups is 4. The Labute approximate surface area is 249 Å². The van der Waals surface area contributed by atoms with E-state index in [-0.39, 0.29) is 30.7 Å². The molecule has 2 aliphatic heterocycles. The summed E-state index contributed by atoms with van der Waals surface area (Å²) < 4.78 is 32.8. The lowest BCUT2D eigenvalue weighted by Crippen LogP contribution is -2.59. The summed E-state index contributed by atoms with van der Waals surface area (Å²) in [5.74, 6) is -2.06. The van der Waals surface area contributed by atoms with E-state index in [0.29, 0.717) is 38.5 Å². The van der Waals surface area contributed by atoms with Crippen molar-refractivity contribution in [1.82, 2.24) is 20.3 Å². The first-order valence-corrected chi connectivity index (χ1v) is 17.0. The molecule has 12 nitrogen and oxygen atoms in total. The maximum Gasteiger partial charge on any atom is 0.408 e. The number of alkyl carbamates (subject to hydrolysis) is 1. The molecule has 4 N–H and O–H groups in total. The monoisotopic (exact) mass is 612 g/mol. The Morgan fingerprint density at radius 2 is 1.79 bits per heavy atom. The SMILES string of the molecule is CC[C@@H]1CC(C)CCCC[C@@H]2C[C@@]2(C(=O)NS(=O)(=O)C2CC2)NC(=O)[C@@H]2C[C@@H](O)CN2C(=O)[C@H]1NC(=O)OC(C)(C)C. The topological polar surface area (TPSA) is 171 Å². The standard InChI is InChI=1S/C29H48N4O8S/c1-6-18-13-17(2)9-7-8-10-19-15-29(19,26(37)32-42(39,40)21-11-12-21)31-24(35)22-14-20(34)16-33(22)25(36)23(18)30-27(38)41-28(3,4)5/h17-23,34H,6-16H2,1-5H3,(H,30,38)(H,31,35)(H,32,37)/t17?,18-,19-,20-,22+,23+,29-/m1/s1. The first-order chi connectivity index (χ1) is 19.6. The van der Waals surface area contributed by atoms with Crippen molar-refractivity contribution in [1.29, 1.82) is 0 Å². The number of nitrogens with one attached hydrogen (secondary N) is 3. The molecule has 4 rings (SSSR count). The van der Waals surface area contributed by atoms with Crippen molar-refractivity contribution < 1.29 is 37.4 Å². The van der Waals surface area contributed by atoms with Gasteiger partial charge in [-0.3, -0.25) is 19.1 Å². The van der Waals surface area contributed by atoms with Crippen LogP contribution < -0.4 is 15.4 Å². The van der Waals surface area contributed by atoms with Gasteiger partial charge in [-0.2, -0.15) is 0 Å². The number of aliphatic hydroxyl groups is 1. The highest BCUT2D eigenvalue weighted by Gasteiger charge is 2.62. The summed E-state index contributed by atoms with van der Waals surface area (Å²) in [5.41, 5.74) is -2.16. The van der Waals surface area contributed by atoms with Gasteiger partial charge in [-0.05, 0) is 70.6 Å². The van der Waals surface area contributed by atoms with Crippen molar-refractivity contribution in [3.05, 3.63) is 0 Å². The summed E-state index contributed by atoms with van der Waals surface area (Å²) in [6.07, 6.45) is 4.04. The van der Waals surface area contributed by atoms with Crippen LogP contribution in [0.15, 0.2) is 0 Å². The summed E-state index contributed by atoms with van der Waals surface area (Å²) in [7, 11) is -3.82. The number of carbonyl (C=O) groups excluding carboxylic acids is 4. The Morgan fingerprint density at radius 3 is 2.40 bits per heavy atom. The van der Waals surface area contributed by atoms with E-state index in [1.165, 1.54) is 4.90 Å². The number of aliphatic hydroxyl groups excluding tert-OH is 1. The molecule has 0 aromatic carbocycles. The third-order valence-corrected chi connectivity index (χ3v) is 10.9. The Kier molecular flexibility index (Phi) is 9.52. The molecule has 2 heterocycles. The fourth-order valence-corrected chi connectivity index (χ4v) is 7.87. The fraction of sp³-hybridized carbons (Fsp3) is 0.862. The number of sulfonamides is 1. The third kappa shape index (κ3) is 7.56. The molecule has 0 bridgehead atoms. The van der Waals surface area contributed by atoms with Gasteiger partial charge < -0.3 is 25.4 Å². The van der Waals surface area contributed by atoms with Gasteiger partial charge in [0.2, 0.25) is 21.8 Å². The molecule has 4 aliphatic rings. The van der Waals surface area contributed by atoms with Crippen LogP contribution in [0.3, 0.4) is 0 Å². The van der Waals surface area contributed by atoms with Gasteiger partial charge in [-0.15, -0.1) is 0 Å². The van der Waals surface area contributed by atoms with Crippen LogP contribution in [0, 0.1) is 17.8 Å². The highest BCUT2D eigenvalue weighted by Crippen LogP contribution is 2.48. The van der Waals surface area contributed by atoms with Crippen molar-refractivity contribution in [3.8, 4) is 0 Å². The van der Waals surface area contributed by atoms with E-state index >= 15 is 0 Å². The second-order valence-electron chi connectivity index (χ2n) is 13.9. The van der Waals surface area contributed by atoms with Crippen molar-refractivity contribution >= 4 is 33.8 Å². The second-order valence-corrected chi connectivity index (χ2v) is 15.8. The van der Waals surface area contributed by atoms with Crippen LogP contribution in [0.5, 0.6) is 0 Å². The molecule has 2 saturated heterocycles. The Morgan fingerprint density at radius 1 is 1.12 bits per heavy atom. The molecule has 0 spiro atoms. The Balaban J connectivity index is 1.63. The van der Waals surface area contributed by atoms with Crippen LogP contribution in [0.25, 0.3) is 0 Å². The van der Waals surface area contributed by atoms with Crippen molar-refractivity contribution in [3.63, 3.8) is 0 Å². The molecule has 2 saturated carbocycles. The summed E-state index contributed by atoms with van der Waals surface area (Å²) in [4.78, 5) is 55.4. The Bertz CT molecular complexity index is 1170. The smallest absolute Gasteiger partial charge is 0.408 e. The molecule has 13 heteroatoms. The molecule has 238 valence electrons. The number of rotatable bonds is 5. The highest BCUT2D eigenvalue weighted by atomic mass is 32.2. The minimum absolute atomic E-state index is 0.0351. The van der Waals surface area contributed by atoms with E-state index in [2.05, 4.69) is 22.3 Å². The normalized spacial score (nSPS) is 34.7. The van der Waals surface area contributed by atoms with Gasteiger partial charge in [0, 0.05) is 13.0 Å². The number of ether oxygens (including phenoxy) is 1. The first kappa shape index (κ1) is 32.5. The predicted molar refractivity (Wildman–Crippen MR) is 154 cm³/mol. The average Bonchev–Trinajstić information content (AvgIpc) is 3.80. The summed E-state index contributed by atoms with van der Waals surface area (Å²) in [6.45, 7) is 9.16. The lowest BCUT2D eigenvalue weighted by molar-refractivity contribution is -0.142. The molecule has 0 aromatic heterocycles. The zero-order valence-corrected chi connectivity index (χ0v) is 26.3. The number of hydrogen-bond donors (Lipinski definition) is 4. The molecule has 4 fully saturated rings. The van der Waals surface area contributed by atoms with Crippen LogP contribution in [0.4, 0.5) is 4.79 Å². The summed E-state index contributed by atoms with van der Waals surface area (Å²) in [6, 6.07) is -2.06. The van der Waals surface area contributed by atoms with Gasteiger partial charge in [0.1, 0.15) is 23.2 Å². The van der Waals surface area contributed by atoms with Crippen molar-refractivity contribution in [2.24, 2.45) is 17.8 Å². The van der Waals surface area contributed by atoms with Crippen LogP contribution >= 0.6 is 0 Å². The van der Waals surface area contributed by atoms with Crippen LogP contribution in [0.2, 0.25) is 0 Å². The largest absolute Gasteiger partial charge is 0.444 e. The Hall–Kier alpha value is -2.41. The zero-order valence-electron chi connectivity index (χ0n) is 25.5. The number of hydrogen-bond acceptors (Lipinski definition) is 8. The van der Waals surface area contributed by atoms with E-state index in [1.54, 1.807) is 20.8 Å². The van der Waals surface area contributed by atoms with E-state index in [1.807, 2.05) is 6.92 Å². The quantitative estimate of drug-likeness (QED) is 0.365. The maximum absolute atomic E-state index is 14.1. The van der Waals surface area contributed by atoms with Crippen LogP contribution in [-0.4, -0.2) is 83.4 Å². The molecule has 0 radical (unpaired) electrons. The lowest BCUT2D eigenvalue weighted by atomic mass is 9.84. The maximum atomic E-state index is 14.1. The number of amides is 4. The van der Waals surface area contributed by atoms with Gasteiger partial charge in [0.25, 0.3) is 5.91 Å². The molecular formula is C29H48N4O8S. The number of nitrogens with zero attached hydrogens (tertiary/aromatic N) is 1. The molecule has 0 aromatic rings. The summed E-state index contributed by atoms with van der Waals surface area (Å²) >= 11 is 0. The van der Waals surface area contributed by atoms with Crippen molar-refractivity contribution in [2.45, 2.75) is 133 Å². The lowest BCUT2D eigenvalue weighted by Gasteiger charge is -2.34. The minimum atomic E-state index is -3.82. The minimum Gasteiger partial charge on any atom is -0.444 e. The molecular weight excluding hydrogens is 564 g/mol. The second kappa shape index (κ2) is 12.3.